The number of nitrogens with zero attached hydrogens (tertiary/aromatic N) is 2. The number of sulfonamides is 1. The smallest absolute Gasteiger partial charge is 0.270 e. The van der Waals surface area contributed by atoms with Crippen molar-refractivity contribution in [1.29, 1.82) is 0 Å². The van der Waals surface area contributed by atoms with Crippen molar-refractivity contribution < 1.29 is 27.6 Å². The number of hydrogen-bond donors (Lipinski definition) is 0. The zero-order chi connectivity index (χ0) is 23.3. The SMILES string of the molecule is COc1ccc(CN(c2cc(OC)cc(OC)c2)S(=O)(=O)c2cccc([N+](=O)[O-])c2)cc1. The van der Waals surface area contributed by atoms with E-state index in [2.05, 4.69) is 0 Å². The first-order valence-corrected chi connectivity index (χ1v) is 10.9. The first-order valence-electron chi connectivity index (χ1n) is 9.41. The van der Waals surface area contributed by atoms with Crippen LogP contribution in [0.2, 0.25) is 0 Å². The first-order chi connectivity index (χ1) is 15.3. The number of anilines is 1. The maximum absolute atomic E-state index is 13.6. The fourth-order valence-corrected chi connectivity index (χ4v) is 4.51. The van der Waals surface area contributed by atoms with Crippen LogP contribution in [0.15, 0.2) is 71.6 Å². The monoisotopic (exact) mass is 458 g/mol. The van der Waals surface area contributed by atoms with Crippen molar-refractivity contribution in [1.82, 2.24) is 0 Å². The summed E-state index contributed by atoms with van der Waals surface area (Å²) in [4.78, 5) is 10.3. The van der Waals surface area contributed by atoms with Crippen LogP contribution in [0.1, 0.15) is 5.56 Å². The molecular weight excluding hydrogens is 436 g/mol. The van der Waals surface area contributed by atoms with E-state index in [0.717, 1.165) is 10.4 Å². The lowest BCUT2D eigenvalue weighted by molar-refractivity contribution is -0.385. The fourth-order valence-electron chi connectivity index (χ4n) is 3.03. The Morgan fingerprint density at radius 3 is 1.97 bits per heavy atom. The molecule has 0 atom stereocenters. The fraction of sp³-hybridized carbons (Fsp3) is 0.182. The van der Waals surface area contributed by atoms with E-state index in [9.17, 15) is 18.5 Å². The predicted molar refractivity (Wildman–Crippen MR) is 119 cm³/mol. The summed E-state index contributed by atoms with van der Waals surface area (Å²) in [5.41, 5.74) is 0.642. The standard InChI is InChI=1S/C22H22N2O7S/c1-29-19-9-7-16(8-10-19)15-23(18-11-20(30-2)14-21(12-18)31-3)32(27,28)22-6-4-5-17(13-22)24(25)26/h4-14H,15H2,1-3H3. The number of rotatable bonds is 9. The number of benzene rings is 3. The zero-order valence-electron chi connectivity index (χ0n) is 17.7. The molecule has 0 aliphatic heterocycles. The van der Waals surface area contributed by atoms with Crippen LogP contribution < -0.4 is 18.5 Å². The van der Waals surface area contributed by atoms with Crippen LogP contribution in [0, 0.1) is 10.1 Å². The van der Waals surface area contributed by atoms with E-state index in [-0.39, 0.29) is 22.8 Å². The van der Waals surface area contributed by atoms with Gasteiger partial charge in [-0.05, 0) is 23.8 Å². The number of ether oxygens (including phenoxy) is 3. The average Bonchev–Trinajstić information content (AvgIpc) is 2.82. The molecule has 3 aromatic carbocycles. The lowest BCUT2D eigenvalue weighted by atomic mass is 10.2. The number of nitro benzene ring substituents is 1. The molecule has 0 aromatic heterocycles. The van der Waals surface area contributed by atoms with E-state index in [1.165, 1.54) is 39.5 Å². The van der Waals surface area contributed by atoms with Crippen molar-refractivity contribution in [3.8, 4) is 17.2 Å². The molecule has 0 aliphatic rings. The Labute approximate surface area is 186 Å². The van der Waals surface area contributed by atoms with Gasteiger partial charge in [0.25, 0.3) is 15.7 Å². The minimum atomic E-state index is -4.19. The Hall–Kier alpha value is -3.79. The molecule has 0 spiro atoms. The number of nitro groups is 1. The van der Waals surface area contributed by atoms with Gasteiger partial charge in [0.1, 0.15) is 17.2 Å². The highest BCUT2D eigenvalue weighted by molar-refractivity contribution is 7.92. The highest BCUT2D eigenvalue weighted by atomic mass is 32.2. The van der Waals surface area contributed by atoms with Crippen LogP contribution in [-0.4, -0.2) is 34.7 Å². The molecule has 0 saturated heterocycles. The van der Waals surface area contributed by atoms with Gasteiger partial charge in [-0.15, -0.1) is 0 Å². The van der Waals surface area contributed by atoms with Gasteiger partial charge in [0, 0.05) is 30.3 Å². The van der Waals surface area contributed by atoms with E-state index in [0.29, 0.717) is 22.8 Å². The highest BCUT2D eigenvalue weighted by Crippen LogP contribution is 2.34. The van der Waals surface area contributed by atoms with Crippen LogP contribution in [0.4, 0.5) is 11.4 Å². The second kappa shape index (κ2) is 9.56. The number of non-ortho nitro benzene ring substituents is 1. The minimum absolute atomic E-state index is 0.0364. The van der Waals surface area contributed by atoms with Crippen molar-refractivity contribution in [2.45, 2.75) is 11.4 Å². The third kappa shape index (κ3) is 4.92. The molecule has 32 heavy (non-hydrogen) atoms. The van der Waals surface area contributed by atoms with Crippen LogP contribution >= 0.6 is 0 Å². The molecule has 0 radical (unpaired) electrons. The van der Waals surface area contributed by atoms with E-state index < -0.39 is 14.9 Å². The molecule has 0 aliphatic carbocycles. The maximum Gasteiger partial charge on any atom is 0.270 e. The zero-order valence-corrected chi connectivity index (χ0v) is 18.5. The van der Waals surface area contributed by atoms with E-state index in [1.54, 1.807) is 42.5 Å². The Kier molecular flexibility index (Phi) is 6.84. The van der Waals surface area contributed by atoms with Crippen molar-refractivity contribution in [3.05, 3.63) is 82.4 Å². The van der Waals surface area contributed by atoms with Crippen molar-refractivity contribution >= 4 is 21.4 Å². The van der Waals surface area contributed by atoms with Gasteiger partial charge < -0.3 is 14.2 Å². The van der Waals surface area contributed by atoms with Gasteiger partial charge >= 0.3 is 0 Å². The maximum atomic E-state index is 13.6. The lowest BCUT2D eigenvalue weighted by Gasteiger charge is -2.25. The van der Waals surface area contributed by atoms with Gasteiger partial charge in [0.15, 0.2) is 0 Å². The summed E-state index contributed by atoms with van der Waals surface area (Å²) in [6.07, 6.45) is 0. The van der Waals surface area contributed by atoms with Crippen LogP contribution in [-0.2, 0) is 16.6 Å². The van der Waals surface area contributed by atoms with Crippen LogP contribution in [0.5, 0.6) is 17.2 Å². The summed E-state index contributed by atoms with van der Waals surface area (Å²) < 4.78 is 44.2. The summed E-state index contributed by atoms with van der Waals surface area (Å²) >= 11 is 0. The van der Waals surface area contributed by atoms with Crippen molar-refractivity contribution in [2.75, 3.05) is 25.6 Å². The lowest BCUT2D eigenvalue weighted by Crippen LogP contribution is -2.30. The molecule has 3 aromatic rings. The molecule has 0 fully saturated rings. The molecular formula is C22H22N2O7S. The number of methoxy groups -OCH3 is 3. The second-order valence-corrected chi connectivity index (χ2v) is 8.55. The Morgan fingerprint density at radius 1 is 0.844 bits per heavy atom. The largest absolute Gasteiger partial charge is 0.497 e. The molecule has 0 amide bonds. The van der Waals surface area contributed by atoms with Gasteiger partial charge in [-0.1, -0.05) is 18.2 Å². The first kappa shape index (κ1) is 22.9. The summed E-state index contributed by atoms with van der Waals surface area (Å²) in [7, 11) is 0.270. The molecule has 0 bridgehead atoms. The Bertz CT molecular complexity index is 1190. The number of hydrogen-bond acceptors (Lipinski definition) is 7. The van der Waals surface area contributed by atoms with Gasteiger partial charge in [-0.25, -0.2) is 8.42 Å². The third-order valence-electron chi connectivity index (χ3n) is 4.73. The van der Waals surface area contributed by atoms with Gasteiger partial charge in [-0.3, -0.25) is 14.4 Å². The predicted octanol–water partition coefficient (Wildman–Crippen LogP) is 4.02. The Balaban J connectivity index is 2.15. The molecule has 0 saturated carbocycles. The van der Waals surface area contributed by atoms with E-state index >= 15 is 0 Å². The molecule has 0 heterocycles. The molecule has 3 rings (SSSR count). The van der Waals surface area contributed by atoms with Crippen LogP contribution in [0.3, 0.4) is 0 Å². The Morgan fingerprint density at radius 2 is 1.44 bits per heavy atom. The normalized spacial score (nSPS) is 11.0. The molecule has 9 nitrogen and oxygen atoms in total. The van der Waals surface area contributed by atoms with E-state index in [1.807, 2.05) is 0 Å². The van der Waals surface area contributed by atoms with Gasteiger partial charge in [0.2, 0.25) is 0 Å². The summed E-state index contributed by atoms with van der Waals surface area (Å²) in [5, 5.41) is 11.2. The molecule has 10 heteroatoms. The van der Waals surface area contributed by atoms with Crippen LogP contribution in [0.25, 0.3) is 0 Å². The van der Waals surface area contributed by atoms with E-state index in [4.69, 9.17) is 14.2 Å². The summed E-state index contributed by atoms with van der Waals surface area (Å²) in [6, 6.07) is 16.6. The molecule has 0 unspecified atom stereocenters. The second-order valence-electron chi connectivity index (χ2n) is 6.69. The highest BCUT2D eigenvalue weighted by Gasteiger charge is 2.28. The summed E-state index contributed by atoms with van der Waals surface area (Å²) in [6.45, 7) is -0.0364. The third-order valence-corrected chi connectivity index (χ3v) is 6.50. The minimum Gasteiger partial charge on any atom is -0.497 e. The summed E-state index contributed by atoms with van der Waals surface area (Å²) in [5.74, 6) is 1.42. The topological polar surface area (TPSA) is 108 Å². The molecule has 168 valence electrons. The van der Waals surface area contributed by atoms with Gasteiger partial charge in [-0.2, -0.15) is 0 Å². The van der Waals surface area contributed by atoms with Crippen molar-refractivity contribution in [2.24, 2.45) is 0 Å². The van der Waals surface area contributed by atoms with Crippen molar-refractivity contribution in [3.63, 3.8) is 0 Å². The molecule has 0 N–H and O–H groups in total. The quantitative estimate of drug-likeness (QED) is 0.352. The average molecular weight is 458 g/mol. The van der Waals surface area contributed by atoms with Gasteiger partial charge in [0.05, 0.1) is 43.4 Å².